The Balaban J connectivity index is 1.75. The van der Waals surface area contributed by atoms with Gasteiger partial charge in [0.05, 0.1) is 11.4 Å². The molecule has 2 rings (SSSR count). The Hall–Kier alpha value is -2.89. The van der Waals surface area contributed by atoms with Crippen molar-refractivity contribution in [2.75, 3.05) is 6.61 Å². The highest BCUT2D eigenvalue weighted by Gasteiger charge is 2.04. The monoisotopic (exact) mass is 287 g/mol. The standard InChI is InChI=1S/C15H14FN3O2/c1-11(14-4-2-3-9-17-14)18-19-15(20)10-21-13-7-5-12(16)6-8-13/h2-9,18H,1,10H2,(H,19,20). The second-order valence-electron chi connectivity index (χ2n) is 4.11. The van der Waals surface area contributed by atoms with Crippen LogP contribution in [0.4, 0.5) is 4.39 Å². The van der Waals surface area contributed by atoms with Gasteiger partial charge in [-0.2, -0.15) is 0 Å². The number of ether oxygens (including phenoxy) is 1. The summed E-state index contributed by atoms with van der Waals surface area (Å²) < 4.78 is 17.9. The summed E-state index contributed by atoms with van der Waals surface area (Å²) in [7, 11) is 0. The molecule has 1 amide bonds. The molecule has 0 aliphatic heterocycles. The summed E-state index contributed by atoms with van der Waals surface area (Å²) >= 11 is 0. The molecule has 1 aromatic carbocycles. The van der Waals surface area contributed by atoms with Gasteiger partial charge in [0.1, 0.15) is 11.6 Å². The maximum Gasteiger partial charge on any atom is 0.276 e. The van der Waals surface area contributed by atoms with Crippen LogP contribution in [0.25, 0.3) is 5.70 Å². The summed E-state index contributed by atoms with van der Waals surface area (Å²) in [6.45, 7) is 3.55. The van der Waals surface area contributed by atoms with E-state index in [-0.39, 0.29) is 12.4 Å². The molecule has 6 heteroatoms. The van der Waals surface area contributed by atoms with Gasteiger partial charge in [-0.1, -0.05) is 12.6 Å². The molecule has 0 radical (unpaired) electrons. The van der Waals surface area contributed by atoms with E-state index in [1.54, 1.807) is 18.3 Å². The molecule has 1 aromatic heterocycles. The lowest BCUT2D eigenvalue weighted by Gasteiger charge is -2.11. The predicted molar refractivity (Wildman–Crippen MR) is 76.4 cm³/mol. The van der Waals surface area contributed by atoms with Gasteiger partial charge in [0.15, 0.2) is 6.61 Å². The fourth-order valence-corrected chi connectivity index (χ4v) is 1.47. The molecular weight excluding hydrogens is 273 g/mol. The number of halogens is 1. The van der Waals surface area contributed by atoms with E-state index in [0.717, 1.165) is 0 Å². The molecule has 0 saturated heterocycles. The van der Waals surface area contributed by atoms with Crippen molar-refractivity contribution in [2.24, 2.45) is 0 Å². The van der Waals surface area contributed by atoms with Crippen LogP contribution in [0.2, 0.25) is 0 Å². The highest BCUT2D eigenvalue weighted by molar-refractivity contribution is 5.78. The van der Waals surface area contributed by atoms with Gasteiger partial charge in [0, 0.05) is 6.20 Å². The molecule has 0 fully saturated rings. The number of amides is 1. The lowest BCUT2D eigenvalue weighted by Crippen LogP contribution is -2.39. The molecule has 21 heavy (non-hydrogen) atoms. The fourth-order valence-electron chi connectivity index (χ4n) is 1.47. The van der Waals surface area contributed by atoms with Gasteiger partial charge >= 0.3 is 0 Å². The molecule has 0 atom stereocenters. The minimum atomic E-state index is -0.392. The fraction of sp³-hybridized carbons (Fsp3) is 0.0667. The minimum absolute atomic E-state index is 0.200. The number of pyridine rings is 1. The van der Waals surface area contributed by atoms with Crippen LogP contribution >= 0.6 is 0 Å². The third-order valence-electron chi connectivity index (χ3n) is 2.51. The van der Waals surface area contributed by atoms with Crippen LogP contribution in [0, 0.1) is 5.82 Å². The average Bonchev–Trinajstić information content (AvgIpc) is 2.53. The number of rotatable bonds is 6. The lowest BCUT2D eigenvalue weighted by atomic mass is 10.3. The molecule has 108 valence electrons. The van der Waals surface area contributed by atoms with E-state index in [1.807, 2.05) is 6.07 Å². The quantitative estimate of drug-likeness (QED) is 0.796. The Bertz CT molecular complexity index is 615. The number of carbonyl (C=O) groups excluding carboxylic acids is 1. The molecular formula is C15H14FN3O2. The first-order chi connectivity index (χ1) is 10.1. The van der Waals surface area contributed by atoms with Crippen LogP contribution in [-0.4, -0.2) is 17.5 Å². The van der Waals surface area contributed by atoms with Gasteiger partial charge in [0.2, 0.25) is 0 Å². The van der Waals surface area contributed by atoms with Crippen molar-refractivity contribution in [2.45, 2.75) is 0 Å². The van der Waals surface area contributed by atoms with Crippen LogP contribution in [0.1, 0.15) is 5.69 Å². The number of aromatic nitrogens is 1. The molecule has 0 unspecified atom stereocenters. The number of hydrogen-bond acceptors (Lipinski definition) is 4. The maximum absolute atomic E-state index is 12.7. The van der Waals surface area contributed by atoms with E-state index in [0.29, 0.717) is 17.1 Å². The summed E-state index contributed by atoms with van der Waals surface area (Å²) in [5.74, 6) is -0.341. The topological polar surface area (TPSA) is 63.2 Å². The van der Waals surface area contributed by atoms with Crippen LogP contribution < -0.4 is 15.6 Å². The number of nitrogens with one attached hydrogen (secondary N) is 2. The maximum atomic E-state index is 12.7. The number of hydrogen-bond donors (Lipinski definition) is 2. The van der Waals surface area contributed by atoms with E-state index in [9.17, 15) is 9.18 Å². The van der Waals surface area contributed by atoms with Gasteiger partial charge in [-0.15, -0.1) is 0 Å². The third-order valence-corrected chi connectivity index (χ3v) is 2.51. The van der Waals surface area contributed by atoms with Gasteiger partial charge in [-0.25, -0.2) is 4.39 Å². The molecule has 2 aromatic rings. The van der Waals surface area contributed by atoms with Crippen molar-refractivity contribution in [3.05, 3.63) is 66.8 Å². The van der Waals surface area contributed by atoms with Gasteiger partial charge in [-0.05, 0) is 36.4 Å². The van der Waals surface area contributed by atoms with Crippen LogP contribution in [-0.2, 0) is 4.79 Å². The zero-order chi connectivity index (χ0) is 15.1. The summed E-state index contributed by atoms with van der Waals surface area (Å²) in [6, 6.07) is 10.8. The minimum Gasteiger partial charge on any atom is -0.484 e. The van der Waals surface area contributed by atoms with Gasteiger partial charge in [-0.3, -0.25) is 20.6 Å². The number of carbonyl (C=O) groups is 1. The lowest BCUT2D eigenvalue weighted by molar-refractivity contribution is -0.123. The zero-order valence-corrected chi connectivity index (χ0v) is 11.2. The highest BCUT2D eigenvalue weighted by Crippen LogP contribution is 2.10. The molecule has 0 saturated carbocycles. The highest BCUT2D eigenvalue weighted by atomic mass is 19.1. The predicted octanol–water partition coefficient (Wildman–Crippen LogP) is 1.89. The molecule has 2 N–H and O–H groups in total. The Labute approximate surface area is 121 Å². The molecule has 0 bridgehead atoms. The van der Waals surface area contributed by atoms with Crippen molar-refractivity contribution in [1.29, 1.82) is 0 Å². The SMILES string of the molecule is C=C(NNC(=O)COc1ccc(F)cc1)c1ccccn1. The van der Waals surface area contributed by atoms with Gasteiger partial charge in [0.25, 0.3) is 5.91 Å². The number of nitrogens with zero attached hydrogens (tertiary/aromatic N) is 1. The summed E-state index contributed by atoms with van der Waals surface area (Å²) in [6.07, 6.45) is 1.63. The first kappa shape index (κ1) is 14.5. The summed E-state index contributed by atoms with van der Waals surface area (Å²) in [5, 5.41) is 0. The number of hydrazine groups is 1. The third kappa shape index (κ3) is 4.61. The van der Waals surface area contributed by atoms with Crippen molar-refractivity contribution < 1.29 is 13.9 Å². The number of benzene rings is 1. The van der Waals surface area contributed by atoms with Crippen molar-refractivity contribution in [3.63, 3.8) is 0 Å². The van der Waals surface area contributed by atoms with E-state index in [1.165, 1.54) is 24.3 Å². The molecule has 0 aliphatic rings. The zero-order valence-electron chi connectivity index (χ0n) is 11.2. The molecule has 1 heterocycles. The summed E-state index contributed by atoms with van der Waals surface area (Å²) in [4.78, 5) is 15.7. The van der Waals surface area contributed by atoms with Crippen molar-refractivity contribution in [3.8, 4) is 5.75 Å². The van der Waals surface area contributed by atoms with E-state index in [4.69, 9.17) is 4.74 Å². The smallest absolute Gasteiger partial charge is 0.276 e. The molecule has 0 spiro atoms. The molecule has 0 aliphatic carbocycles. The van der Waals surface area contributed by atoms with Crippen molar-refractivity contribution in [1.82, 2.24) is 15.8 Å². The van der Waals surface area contributed by atoms with Gasteiger partial charge < -0.3 is 4.74 Å². The Kier molecular flexibility index (Phi) is 4.87. The van der Waals surface area contributed by atoms with E-state index >= 15 is 0 Å². The Morgan fingerprint density at radius 2 is 1.95 bits per heavy atom. The Morgan fingerprint density at radius 3 is 2.62 bits per heavy atom. The molecule has 5 nitrogen and oxygen atoms in total. The first-order valence-corrected chi connectivity index (χ1v) is 6.18. The van der Waals surface area contributed by atoms with E-state index in [2.05, 4.69) is 22.4 Å². The average molecular weight is 287 g/mol. The van der Waals surface area contributed by atoms with Crippen molar-refractivity contribution >= 4 is 11.6 Å². The summed E-state index contributed by atoms with van der Waals surface area (Å²) in [5.41, 5.74) is 6.17. The Morgan fingerprint density at radius 1 is 1.19 bits per heavy atom. The second-order valence-corrected chi connectivity index (χ2v) is 4.11. The largest absolute Gasteiger partial charge is 0.484 e. The first-order valence-electron chi connectivity index (χ1n) is 6.18. The van der Waals surface area contributed by atoms with Crippen LogP contribution in [0.3, 0.4) is 0 Å². The van der Waals surface area contributed by atoms with Crippen LogP contribution in [0.15, 0.2) is 55.2 Å². The van der Waals surface area contributed by atoms with E-state index < -0.39 is 5.91 Å². The second kappa shape index (κ2) is 7.04. The normalized spacial score (nSPS) is 9.76. The van der Waals surface area contributed by atoms with Crippen LogP contribution in [0.5, 0.6) is 5.75 Å².